The molecule has 1 aromatic carbocycles. The Morgan fingerprint density at radius 3 is 2.61 bits per heavy atom. The number of aliphatic hydroxyl groups excluding tert-OH is 1. The van der Waals surface area contributed by atoms with Gasteiger partial charge in [0.2, 0.25) is 0 Å². The second-order valence-corrected chi connectivity index (χ2v) is 11.6. The molecule has 240 valence electrons. The molecule has 0 spiro atoms. The van der Waals surface area contributed by atoms with E-state index < -0.39 is 29.5 Å². The fraction of sp³-hybridized carbons (Fsp3) is 0.324. The number of imidazole rings is 1. The van der Waals surface area contributed by atoms with E-state index in [-0.39, 0.29) is 27.9 Å². The molecule has 1 saturated heterocycles. The van der Waals surface area contributed by atoms with Crippen molar-refractivity contribution in [3.8, 4) is 11.5 Å². The zero-order valence-electron chi connectivity index (χ0n) is 26.2. The number of fused-ring (bicyclic) bond motifs is 1. The van der Waals surface area contributed by atoms with Crippen molar-refractivity contribution < 1.29 is 33.7 Å². The molecule has 46 heavy (non-hydrogen) atoms. The van der Waals surface area contributed by atoms with Crippen LogP contribution in [0.3, 0.4) is 0 Å². The van der Waals surface area contributed by atoms with Crippen molar-refractivity contribution in [2.24, 2.45) is 0 Å². The summed E-state index contributed by atoms with van der Waals surface area (Å²) in [6, 6.07) is 9.42. The lowest BCUT2D eigenvalue weighted by Crippen LogP contribution is -2.29. The van der Waals surface area contributed by atoms with Gasteiger partial charge in [0.25, 0.3) is 5.78 Å². The van der Waals surface area contributed by atoms with E-state index in [1.165, 1.54) is 11.0 Å². The van der Waals surface area contributed by atoms with Gasteiger partial charge in [-0.15, -0.1) is 0 Å². The molecule has 1 N–H and O–H groups in total. The Hall–Kier alpha value is -4.97. The molecule has 1 fully saturated rings. The molecule has 12 heteroatoms. The molecule has 4 heterocycles. The molecule has 1 unspecified atom stereocenters. The van der Waals surface area contributed by atoms with Crippen LogP contribution in [0.5, 0.6) is 11.5 Å². The van der Waals surface area contributed by atoms with Crippen molar-refractivity contribution in [1.29, 1.82) is 0 Å². The second-order valence-electron chi connectivity index (χ2n) is 10.6. The first-order valence-electron chi connectivity index (χ1n) is 15.1. The average molecular weight is 645 g/mol. The van der Waals surface area contributed by atoms with Crippen molar-refractivity contribution in [1.82, 2.24) is 14.4 Å². The number of aliphatic hydroxyl groups is 1. The summed E-state index contributed by atoms with van der Waals surface area (Å²) in [6.07, 6.45) is 6.12. The minimum Gasteiger partial charge on any atom is -0.505 e. The van der Waals surface area contributed by atoms with Gasteiger partial charge in [-0.3, -0.25) is 18.9 Å². The monoisotopic (exact) mass is 644 g/mol. The Bertz CT molecular complexity index is 1840. The number of hydrogen-bond donors (Lipinski definition) is 1. The third-order valence-corrected chi connectivity index (χ3v) is 8.61. The molecule has 0 aliphatic carbocycles. The Morgan fingerprint density at radius 2 is 1.87 bits per heavy atom. The van der Waals surface area contributed by atoms with Crippen LogP contribution >= 0.6 is 11.3 Å². The van der Waals surface area contributed by atoms with Crippen LogP contribution in [0, 0.1) is 13.8 Å². The molecule has 11 nitrogen and oxygen atoms in total. The molecule has 4 aromatic rings. The van der Waals surface area contributed by atoms with Crippen LogP contribution in [-0.4, -0.2) is 57.0 Å². The number of Topliss-reactive ketones (excluding diaryl/α,β-unsaturated/α-hetero) is 1. The highest BCUT2D eigenvalue weighted by atomic mass is 32.1. The first-order valence-corrected chi connectivity index (χ1v) is 15.9. The Kier molecular flexibility index (Phi) is 9.86. The Labute approximate surface area is 270 Å². The van der Waals surface area contributed by atoms with Crippen molar-refractivity contribution in [3.63, 3.8) is 0 Å². The number of ketones is 1. The van der Waals surface area contributed by atoms with Gasteiger partial charge in [-0.1, -0.05) is 55.9 Å². The quantitative estimate of drug-likeness (QED) is 0.0442. The summed E-state index contributed by atoms with van der Waals surface area (Å²) < 4.78 is 18.8. The number of amides is 1. The molecule has 1 atom stereocenters. The Morgan fingerprint density at radius 1 is 1.07 bits per heavy atom. The van der Waals surface area contributed by atoms with Crippen molar-refractivity contribution in [2.75, 3.05) is 24.7 Å². The van der Waals surface area contributed by atoms with Crippen molar-refractivity contribution in [3.05, 3.63) is 88.3 Å². The highest BCUT2D eigenvalue weighted by Gasteiger charge is 2.49. The van der Waals surface area contributed by atoms with Gasteiger partial charge in [0, 0.05) is 6.20 Å². The first-order chi connectivity index (χ1) is 22.2. The summed E-state index contributed by atoms with van der Waals surface area (Å²) in [7, 11) is 0. The van der Waals surface area contributed by atoms with Gasteiger partial charge < -0.3 is 19.3 Å². The van der Waals surface area contributed by atoms with E-state index in [1.54, 1.807) is 54.8 Å². The zero-order chi connectivity index (χ0) is 33.0. The van der Waals surface area contributed by atoms with Crippen LogP contribution in [0.4, 0.5) is 5.13 Å². The maximum absolute atomic E-state index is 13.9. The van der Waals surface area contributed by atoms with E-state index in [0.29, 0.717) is 47.3 Å². The smallest absolute Gasteiger partial charge is 0.350 e. The van der Waals surface area contributed by atoms with Gasteiger partial charge in [0.15, 0.2) is 22.4 Å². The number of unbranched alkanes of at least 4 members (excludes halogenated alkanes) is 2. The molecule has 5 rings (SSSR count). The number of carbonyl (C=O) groups is 3. The van der Waals surface area contributed by atoms with Crippen LogP contribution < -0.4 is 14.4 Å². The van der Waals surface area contributed by atoms with E-state index in [0.717, 1.165) is 30.6 Å². The number of aryl methyl sites for hydroxylation is 2. The minimum absolute atomic E-state index is 0.00173. The number of nitrogens with zero attached hydrogens (tertiary/aromatic N) is 4. The highest BCUT2D eigenvalue weighted by molar-refractivity contribution is 7.17. The van der Waals surface area contributed by atoms with Crippen molar-refractivity contribution in [2.45, 2.75) is 53.0 Å². The summed E-state index contributed by atoms with van der Waals surface area (Å²) >= 11 is 0.925. The van der Waals surface area contributed by atoms with E-state index in [9.17, 15) is 19.5 Å². The summed E-state index contributed by atoms with van der Waals surface area (Å²) in [5.74, 6) is -1.88. The number of pyridine rings is 1. The predicted molar refractivity (Wildman–Crippen MR) is 175 cm³/mol. The molecule has 1 aliphatic heterocycles. The standard InChI is InChI=1S/C34H36N4O7S/c1-6-9-12-18-44-23-15-14-22(19-24(23)43-8-3)28-26(29(39)27-20(4)35-25-13-10-11-16-37(25)27)30(40)32(41)38(28)34-36-21(5)31(46-34)33(42)45-17-7-2/h7,10-11,13-16,19,28,39H,2,6,8-9,12,17-18H2,1,3-5H3. The van der Waals surface area contributed by atoms with Crippen molar-refractivity contribution >= 4 is 45.5 Å². The number of rotatable bonds is 13. The number of ether oxygens (including phenoxy) is 3. The maximum Gasteiger partial charge on any atom is 0.350 e. The lowest BCUT2D eigenvalue weighted by atomic mass is 9.96. The van der Waals surface area contributed by atoms with Crippen LogP contribution in [0.15, 0.2) is 60.8 Å². The van der Waals surface area contributed by atoms with Gasteiger partial charge in [-0.05, 0) is 57.0 Å². The lowest BCUT2D eigenvalue weighted by molar-refractivity contribution is -0.132. The molecular formula is C34H36N4O7S. The van der Waals surface area contributed by atoms with Gasteiger partial charge in [0.1, 0.15) is 22.8 Å². The molecule has 3 aromatic heterocycles. The van der Waals surface area contributed by atoms with E-state index in [1.807, 2.05) is 13.0 Å². The summed E-state index contributed by atoms with van der Waals surface area (Å²) in [6.45, 7) is 11.7. The van der Waals surface area contributed by atoms with E-state index >= 15 is 0 Å². The lowest BCUT2D eigenvalue weighted by Gasteiger charge is -2.24. The number of anilines is 1. The van der Waals surface area contributed by atoms with Gasteiger partial charge in [-0.2, -0.15) is 0 Å². The zero-order valence-corrected chi connectivity index (χ0v) is 27.1. The number of benzene rings is 1. The summed E-state index contributed by atoms with van der Waals surface area (Å²) in [4.78, 5) is 50.9. The predicted octanol–water partition coefficient (Wildman–Crippen LogP) is 6.34. The largest absolute Gasteiger partial charge is 0.505 e. The molecule has 0 radical (unpaired) electrons. The maximum atomic E-state index is 13.9. The topological polar surface area (TPSA) is 133 Å². The summed E-state index contributed by atoms with van der Waals surface area (Å²) in [5.41, 5.74) is 1.97. The summed E-state index contributed by atoms with van der Waals surface area (Å²) in [5, 5.41) is 12.0. The molecular weight excluding hydrogens is 608 g/mol. The van der Waals surface area contributed by atoms with E-state index in [2.05, 4.69) is 23.5 Å². The number of carbonyl (C=O) groups excluding carboxylic acids is 3. The first kappa shape index (κ1) is 32.4. The van der Waals surface area contributed by atoms with Crippen LogP contribution in [-0.2, 0) is 14.3 Å². The van der Waals surface area contributed by atoms with Crippen LogP contribution in [0.2, 0.25) is 0 Å². The number of thiazole rings is 1. The van der Waals surface area contributed by atoms with Crippen LogP contribution in [0.25, 0.3) is 11.4 Å². The van der Waals surface area contributed by atoms with Gasteiger partial charge in [-0.25, -0.2) is 14.8 Å². The fourth-order valence-electron chi connectivity index (χ4n) is 5.36. The Balaban J connectivity index is 1.69. The third-order valence-electron chi connectivity index (χ3n) is 7.47. The highest BCUT2D eigenvalue weighted by Crippen LogP contribution is 2.46. The minimum atomic E-state index is -1.12. The molecule has 1 amide bonds. The number of esters is 1. The molecule has 0 bridgehead atoms. The fourth-order valence-corrected chi connectivity index (χ4v) is 6.35. The SMILES string of the molecule is C=CCOC(=O)c1sc(N2C(=O)C(=O)C(=C(O)c3c(C)nc4ccccn34)C2c2ccc(OCCCCC)c(OCC)c2)nc1C. The molecule has 0 saturated carbocycles. The van der Waals surface area contributed by atoms with Gasteiger partial charge in [0.05, 0.1) is 36.2 Å². The number of hydrogen-bond acceptors (Lipinski definition) is 10. The number of aromatic nitrogens is 3. The molecule has 1 aliphatic rings. The van der Waals surface area contributed by atoms with Gasteiger partial charge >= 0.3 is 11.9 Å². The van der Waals surface area contributed by atoms with Crippen LogP contribution in [0.1, 0.15) is 71.5 Å². The average Bonchev–Trinajstić information content (AvgIpc) is 3.68. The van der Waals surface area contributed by atoms with E-state index in [4.69, 9.17) is 14.2 Å². The third kappa shape index (κ3) is 6.12. The normalized spacial score (nSPS) is 15.8. The second kappa shape index (κ2) is 14.0.